The molecule has 3 heterocycles. The van der Waals surface area contributed by atoms with Crippen LogP contribution in [0, 0.1) is 17.8 Å². The molecular weight excluding hydrogens is 873 g/mol. The van der Waals surface area contributed by atoms with Gasteiger partial charge in [-0.05, 0) is 98.2 Å². The SMILES string of the molecule is C=CCO[C@@]12Oc3ccc(OC(=O)NCc4ccccc4)cc3[C@H]3[C@H](CCCCO)[C@@H](CCCCO)C=C(C(=NOC4CCCCO4)C[C@@H]1N(CCC)S(=O)(=O)c1cccc4cccnc14)[C@H]32. The number of oxime groups is 1. The lowest BCUT2D eigenvalue weighted by atomic mass is 9.55. The van der Waals surface area contributed by atoms with E-state index in [2.05, 4.69) is 23.0 Å². The molecule has 0 radical (unpaired) electrons. The summed E-state index contributed by atoms with van der Waals surface area (Å²) in [6, 6.07) is 22.7. The number of ether oxygens (including phenoxy) is 4. The first kappa shape index (κ1) is 48.3. The highest BCUT2D eigenvalue weighted by atomic mass is 32.2. The first-order valence-electron chi connectivity index (χ1n) is 23.9. The molecule has 0 spiro atoms. The minimum Gasteiger partial charge on any atom is -0.460 e. The maximum Gasteiger partial charge on any atom is 0.412 e. The summed E-state index contributed by atoms with van der Waals surface area (Å²) in [6.45, 7) is 7.05. The number of allylic oxidation sites excluding steroid dienone is 1. The van der Waals surface area contributed by atoms with Gasteiger partial charge in [-0.1, -0.05) is 85.6 Å². The van der Waals surface area contributed by atoms with Crippen molar-refractivity contribution in [2.75, 3.05) is 33.0 Å². The number of fused-ring (bicyclic) bond motifs is 3. The van der Waals surface area contributed by atoms with Gasteiger partial charge in [0.15, 0.2) is 0 Å². The van der Waals surface area contributed by atoms with E-state index in [9.17, 15) is 15.0 Å². The summed E-state index contributed by atoms with van der Waals surface area (Å²) < 4.78 is 59.2. The Morgan fingerprint density at radius 3 is 2.58 bits per heavy atom. The van der Waals surface area contributed by atoms with Gasteiger partial charge in [-0.15, -0.1) is 6.58 Å². The fourth-order valence-electron chi connectivity index (χ4n) is 10.6. The summed E-state index contributed by atoms with van der Waals surface area (Å²) in [5, 5.41) is 28.5. The molecule has 0 bridgehead atoms. The number of nitrogens with zero attached hydrogens (tertiary/aromatic N) is 3. The largest absolute Gasteiger partial charge is 0.460 e. The number of carbonyl (C=O) groups is 1. The predicted octanol–water partition coefficient (Wildman–Crippen LogP) is 8.78. The number of sulfonamides is 1. The molecule has 67 heavy (non-hydrogen) atoms. The van der Waals surface area contributed by atoms with E-state index in [4.69, 9.17) is 28.9 Å². The number of aliphatic hydroxyl groups excluding tert-OH is 2. The van der Waals surface area contributed by atoms with E-state index in [1.807, 2.05) is 55.5 Å². The van der Waals surface area contributed by atoms with Gasteiger partial charge in [0.2, 0.25) is 22.1 Å². The van der Waals surface area contributed by atoms with Crippen LogP contribution in [0.2, 0.25) is 0 Å². The minimum atomic E-state index is -4.34. The smallest absolute Gasteiger partial charge is 0.412 e. The fraction of sp³-hybridized carbons (Fsp3) is 0.481. The molecule has 8 rings (SSSR count). The Morgan fingerprint density at radius 1 is 1.01 bits per heavy atom. The number of hydrogen-bond acceptors (Lipinski definition) is 12. The average Bonchev–Trinajstić information content (AvgIpc) is 3.35. The summed E-state index contributed by atoms with van der Waals surface area (Å²) in [7, 11) is -4.34. The lowest BCUT2D eigenvalue weighted by Gasteiger charge is -2.59. The van der Waals surface area contributed by atoms with Crippen LogP contribution in [0.3, 0.4) is 0 Å². The van der Waals surface area contributed by atoms with Crippen molar-refractivity contribution in [1.29, 1.82) is 0 Å². The van der Waals surface area contributed by atoms with Gasteiger partial charge in [0.25, 0.3) is 0 Å². The molecule has 2 fully saturated rings. The fourth-order valence-corrected chi connectivity index (χ4v) is 12.5. The van der Waals surface area contributed by atoms with Crippen molar-refractivity contribution >= 4 is 32.7 Å². The molecule has 2 aliphatic heterocycles. The number of amides is 1. The van der Waals surface area contributed by atoms with Crippen molar-refractivity contribution in [3.8, 4) is 11.5 Å². The lowest BCUT2D eigenvalue weighted by molar-refractivity contribution is -0.251. The third-order valence-corrected chi connectivity index (χ3v) is 15.5. The normalized spacial score (nSPS) is 25.1. The van der Waals surface area contributed by atoms with Crippen molar-refractivity contribution in [3.05, 3.63) is 120 Å². The van der Waals surface area contributed by atoms with Crippen LogP contribution in [0.15, 0.2) is 119 Å². The summed E-state index contributed by atoms with van der Waals surface area (Å²) >= 11 is 0. The number of aliphatic hydroxyl groups is 2. The Bertz CT molecular complexity index is 2490. The van der Waals surface area contributed by atoms with Gasteiger partial charge in [-0.2, -0.15) is 4.31 Å². The van der Waals surface area contributed by atoms with Crippen LogP contribution in [0.5, 0.6) is 11.5 Å². The van der Waals surface area contributed by atoms with Gasteiger partial charge >= 0.3 is 6.09 Å². The minimum absolute atomic E-state index is 0.0333. The second kappa shape index (κ2) is 22.3. The Labute approximate surface area is 394 Å². The van der Waals surface area contributed by atoms with E-state index in [1.54, 1.807) is 42.6 Å². The molecule has 1 unspecified atom stereocenters. The van der Waals surface area contributed by atoms with E-state index in [0.29, 0.717) is 66.8 Å². The Balaban J connectivity index is 1.32. The molecule has 7 atom stereocenters. The molecule has 3 N–H and O–H groups in total. The molecule has 1 aromatic heterocycles. The molecule has 358 valence electrons. The number of pyridine rings is 1. The number of unbranched alkanes of at least 4 members (excludes halogenated alkanes) is 2. The second-order valence-corrected chi connectivity index (χ2v) is 19.7. The van der Waals surface area contributed by atoms with Gasteiger partial charge in [-0.25, -0.2) is 13.2 Å². The second-order valence-electron chi connectivity index (χ2n) is 17.8. The summed E-state index contributed by atoms with van der Waals surface area (Å²) in [6.07, 6.45) is 11.5. The Kier molecular flexibility index (Phi) is 16.1. The zero-order valence-electron chi connectivity index (χ0n) is 38.3. The predicted molar refractivity (Wildman–Crippen MR) is 255 cm³/mol. The van der Waals surface area contributed by atoms with Crippen LogP contribution < -0.4 is 14.8 Å². The van der Waals surface area contributed by atoms with Crippen LogP contribution >= 0.6 is 0 Å². The quantitative estimate of drug-likeness (QED) is 0.0413. The maximum absolute atomic E-state index is 15.6. The van der Waals surface area contributed by atoms with Gasteiger partial charge in [-0.3, -0.25) is 4.98 Å². The number of rotatable bonds is 21. The molecule has 1 saturated heterocycles. The molecule has 4 aliphatic rings. The highest BCUT2D eigenvalue weighted by Crippen LogP contribution is 2.62. The number of benzene rings is 3. The average molecular weight is 937 g/mol. The van der Waals surface area contributed by atoms with Gasteiger partial charge in [0.1, 0.15) is 16.4 Å². The Hall–Kier alpha value is -5.16. The van der Waals surface area contributed by atoms with Gasteiger partial charge < -0.3 is 39.3 Å². The van der Waals surface area contributed by atoms with Crippen molar-refractivity contribution in [3.63, 3.8) is 0 Å². The zero-order valence-corrected chi connectivity index (χ0v) is 39.2. The van der Waals surface area contributed by atoms with E-state index in [0.717, 1.165) is 48.8 Å². The van der Waals surface area contributed by atoms with Gasteiger partial charge in [0, 0.05) is 62.2 Å². The maximum atomic E-state index is 15.6. The van der Waals surface area contributed by atoms with Crippen LogP contribution in [-0.4, -0.2) is 90.8 Å². The third kappa shape index (κ3) is 10.5. The van der Waals surface area contributed by atoms with Crippen molar-refractivity contribution < 1.29 is 47.2 Å². The standard InChI is InChI=1S/C52H64N4O10S/c1-3-27-56(67(60,61)45-22-14-19-37-20-15-26-53-50(37)45)46-34-43(55-66-47-23-10-13-31-62-47)41-32-38(18-8-11-28-57)40(21-9-12-29-58)48-42-33-39(64-51(59)54-35-36-16-6-5-7-17-36)24-25-44(42)65-52(46,49(41)48)63-30-4-2/h4-7,14-17,19-20,22,24-26,32-33,38,40,46-49,57-58H,2-3,8-13,18,21,23,27-31,34-35H2,1H3,(H,54,59)/t38-,40+,46-,47?,48+,49+,52+/m0/s1. The number of carbonyl (C=O) groups excluding carboxylic acids is 1. The van der Waals surface area contributed by atoms with E-state index in [1.165, 1.54) is 4.31 Å². The molecule has 14 nitrogen and oxygen atoms in total. The van der Waals surface area contributed by atoms with Crippen molar-refractivity contribution in [2.24, 2.45) is 22.9 Å². The van der Waals surface area contributed by atoms with Crippen molar-refractivity contribution in [1.82, 2.24) is 14.6 Å². The van der Waals surface area contributed by atoms with E-state index >= 15 is 8.42 Å². The molecule has 3 aromatic carbocycles. The van der Waals surface area contributed by atoms with E-state index < -0.39 is 46.1 Å². The van der Waals surface area contributed by atoms with Crippen LogP contribution in [0.1, 0.15) is 94.6 Å². The molecule has 2 aliphatic carbocycles. The zero-order chi connectivity index (χ0) is 46.8. The number of hydrogen-bond donors (Lipinski definition) is 3. The molecule has 4 aromatic rings. The topological polar surface area (TPSA) is 178 Å². The summed E-state index contributed by atoms with van der Waals surface area (Å²) in [5.74, 6) is -2.03. The molecule has 1 amide bonds. The third-order valence-electron chi connectivity index (χ3n) is 13.5. The highest BCUT2D eigenvalue weighted by Gasteiger charge is 2.66. The van der Waals surface area contributed by atoms with Crippen LogP contribution in [0.4, 0.5) is 4.79 Å². The number of para-hydroxylation sites is 1. The summed E-state index contributed by atoms with van der Waals surface area (Å²) in [4.78, 5) is 24.3. The van der Waals surface area contributed by atoms with Crippen LogP contribution in [0.25, 0.3) is 10.9 Å². The lowest BCUT2D eigenvalue weighted by Crippen LogP contribution is -2.70. The monoisotopic (exact) mass is 936 g/mol. The molecular formula is C52H64N4O10S. The van der Waals surface area contributed by atoms with Gasteiger partial charge in [0.05, 0.1) is 36.4 Å². The van der Waals surface area contributed by atoms with E-state index in [-0.39, 0.29) is 56.1 Å². The van der Waals surface area contributed by atoms with Crippen LogP contribution in [-0.2, 0) is 30.9 Å². The highest BCUT2D eigenvalue weighted by molar-refractivity contribution is 7.89. The first-order valence-corrected chi connectivity index (χ1v) is 25.4. The Morgan fingerprint density at radius 2 is 1.82 bits per heavy atom. The number of nitrogens with one attached hydrogen (secondary N) is 1. The summed E-state index contributed by atoms with van der Waals surface area (Å²) in [5.41, 5.74) is 3.46. The van der Waals surface area contributed by atoms with Crippen molar-refractivity contribution in [2.45, 2.75) is 113 Å². The first-order chi connectivity index (χ1) is 32.7. The molecule has 15 heteroatoms. The molecule has 1 saturated carbocycles. The number of aromatic nitrogens is 1.